The normalized spacial score (nSPS) is 28.2. The van der Waals surface area contributed by atoms with Gasteiger partial charge in [-0.1, -0.05) is 29.9 Å². The predicted molar refractivity (Wildman–Crippen MR) is 57.6 cm³/mol. The molecular formula is C13H18. The number of allylic oxidation sites excluding steroid dienone is 6. The molecule has 0 fully saturated rings. The summed E-state index contributed by atoms with van der Waals surface area (Å²) in [4.78, 5) is 0. The van der Waals surface area contributed by atoms with Crippen molar-refractivity contribution in [3.63, 3.8) is 0 Å². The van der Waals surface area contributed by atoms with Crippen molar-refractivity contribution < 1.29 is 0 Å². The second kappa shape index (κ2) is 3.95. The predicted octanol–water partition coefficient (Wildman–Crippen LogP) is 4.01. The molecule has 2 aliphatic rings. The molecule has 0 heterocycles. The van der Waals surface area contributed by atoms with Crippen molar-refractivity contribution in [3.05, 3.63) is 35.5 Å². The first-order valence-corrected chi connectivity index (χ1v) is 5.38. The van der Waals surface area contributed by atoms with E-state index in [9.17, 15) is 0 Å². The van der Waals surface area contributed by atoms with Crippen LogP contribution in [-0.4, -0.2) is 0 Å². The molecule has 0 amide bonds. The summed E-state index contributed by atoms with van der Waals surface area (Å²) >= 11 is 0. The Morgan fingerprint density at radius 2 is 2.15 bits per heavy atom. The Hall–Kier alpha value is -0.780. The van der Waals surface area contributed by atoms with Gasteiger partial charge in [0.05, 0.1) is 0 Å². The lowest BCUT2D eigenvalue weighted by molar-refractivity contribution is 0.544. The van der Waals surface area contributed by atoms with E-state index in [0.29, 0.717) is 0 Å². The van der Waals surface area contributed by atoms with Crippen molar-refractivity contribution >= 4 is 0 Å². The summed E-state index contributed by atoms with van der Waals surface area (Å²) in [6.45, 7) is 2.25. The van der Waals surface area contributed by atoms with Gasteiger partial charge in [-0.3, -0.25) is 0 Å². The minimum Gasteiger partial charge on any atom is -0.0850 e. The lowest BCUT2D eigenvalue weighted by Gasteiger charge is -2.22. The molecule has 2 rings (SSSR count). The van der Waals surface area contributed by atoms with Crippen LogP contribution in [0.15, 0.2) is 35.5 Å². The van der Waals surface area contributed by atoms with Crippen LogP contribution in [0.4, 0.5) is 0 Å². The fraction of sp³-hybridized carbons (Fsp3) is 0.538. The molecular weight excluding hydrogens is 156 g/mol. The van der Waals surface area contributed by atoms with Gasteiger partial charge in [0.15, 0.2) is 0 Å². The monoisotopic (exact) mass is 174 g/mol. The average molecular weight is 174 g/mol. The molecule has 0 aromatic heterocycles. The maximum atomic E-state index is 2.43. The second-order valence-electron chi connectivity index (χ2n) is 4.21. The van der Waals surface area contributed by atoms with Crippen LogP contribution < -0.4 is 0 Å². The van der Waals surface area contributed by atoms with Gasteiger partial charge in [-0.05, 0) is 50.5 Å². The van der Waals surface area contributed by atoms with E-state index in [1.165, 1.54) is 32.1 Å². The van der Waals surface area contributed by atoms with Crippen LogP contribution in [0.25, 0.3) is 0 Å². The molecule has 0 aliphatic heterocycles. The summed E-state index contributed by atoms with van der Waals surface area (Å²) in [5.41, 5.74) is 3.17. The topological polar surface area (TPSA) is 0 Å². The Labute approximate surface area is 81.0 Å². The number of hydrogen-bond acceptors (Lipinski definition) is 0. The molecule has 0 N–H and O–H groups in total. The third-order valence-corrected chi connectivity index (χ3v) is 3.13. The van der Waals surface area contributed by atoms with Gasteiger partial charge < -0.3 is 0 Å². The van der Waals surface area contributed by atoms with Crippen LogP contribution in [-0.2, 0) is 0 Å². The van der Waals surface area contributed by atoms with E-state index in [0.717, 1.165) is 5.92 Å². The van der Waals surface area contributed by atoms with Gasteiger partial charge >= 0.3 is 0 Å². The lowest BCUT2D eigenvalue weighted by atomic mass is 9.83. The molecule has 70 valence electrons. The van der Waals surface area contributed by atoms with Crippen LogP contribution in [0.2, 0.25) is 0 Å². The smallest absolute Gasteiger partial charge is 0.0128 e. The van der Waals surface area contributed by atoms with Crippen LogP contribution in [0.3, 0.4) is 0 Å². The average Bonchev–Trinajstić information content (AvgIpc) is 2.20. The summed E-state index contributed by atoms with van der Waals surface area (Å²) in [6.07, 6.45) is 15.9. The molecule has 1 unspecified atom stereocenters. The maximum Gasteiger partial charge on any atom is -0.0128 e. The van der Waals surface area contributed by atoms with Crippen molar-refractivity contribution in [1.82, 2.24) is 0 Å². The fourth-order valence-electron chi connectivity index (χ4n) is 2.20. The molecule has 0 nitrogen and oxygen atoms in total. The molecule has 0 heteroatoms. The second-order valence-corrected chi connectivity index (χ2v) is 4.21. The molecule has 0 saturated carbocycles. The molecule has 1 atom stereocenters. The molecule has 0 radical (unpaired) electrons. The van der Waals surface area contributed by atoms with Crippen molar-refractivity contribution in [2.45, 2.75) is 39.0 Å². The van der Waals surface area contributed by atoms with Crippen LogP contribution >= 0.6 is 0 Å². The summed E-state index contributed by atoms with van der Waals surface area (Å²) < 4.78 is 0. The summed E-state index contributed by atoms with van der Waals surface area (Å²) in [5.74, 6) is 0.820. The van der Waals surface area contributed by atoms with E-state index in [2.05, 4.69) is 31.2 Å². The summed E-state index contributed by atoms with van der Waals surface area (Å²) in [7, 11) is 0. The first-order valence-electron chi connectivity index (χ1n) is 5.38. The van der Waals surface area contributed by atoms with E-state index in [1.807, 2.05) is 0 Å². The van der Waals surface area contributed by atoms with Gasteiger partial charge in [-0.25, -0.2) is 0 Å². The van der Waals surface area contributed by atoms with E-state index < -0.39 is 0 Å². The molecule has 0 bridgehead atoms. The fourth-order valence-corrected chi connectivity index (χ4v) is 2.20. The zero-order chi connectivity index (χ0) is 9.10. The van der Waals surface area contributed by atoms with Crippen molar-refractivity contribution in [2.75, 3.05) is 0 Å². The van der Waals surface area contributed by atoms with E-state index >= 15 is 0 Å². The van der Waals surface area contributed by atoms with Gasteiger partial charge in [0, 0.05) is 0 Å². The third kappa shape index (κ3) is 2.12. The SMILES string of the molecule is CC1=CCC(C2=CCCC=C2)CC1. The van der Waals surface area contributed by atoms with Crippen LogP contribution in [0.1, 0.15) is 39.0 Å². The largest absolute Gasteiger partial charge is 0.0850 e. The molecule has 0 aromatic rings. The highest BCUT2D eigenvalue weighted by Gasteiger charge is 2.15. The Morgan fingerprint density at radius 1 is 1.23 bits per heavy atom. The number of rotatable bonds is 1. The quantitative estimate of drug-likeness (QED) is 0.527. The molecule has 0 aromatic carbocycles. The molecule has 2 aliphatic carbocycles. The molecule has 13 heavy (non-hydrogen) atoms. The van der Waals surface area contributed by atoms with Gasteiger partial charge in [0.1, 0.15) is 0 Å². The summed E-state index contributed by atoms with van der Waals surface area (Å²) in [5, 5.41) is 0. The first-order chi connectivity index (χ1) is 6.36. The Bertz CT molecular complexity index is 266. The maximum absolute atomic E-state index is 2.43. The Morgan fingerprint density at radius 3 is 2.77 bits per heavy atom. The van der Waals surface area contributed by atoms with E-state index in [-0.39, 0.29) is 0 Å². The van der Waals surface area contributed by atoms with Gasteiger partial charge in [-0.15, -0.1) is 0 Å². The lowest BCUT2D eigenvalue weighted by Crippen LogP contribution is -2.07. The highest BCUT2D eigenvalue weighted by Crippen LogP contribution is 2.31. The zero-order valence-electron chi connectivity index (χ0n) is 8.42. The highest BCUT2D eigenvalue weighted by atomic mass is 14.2. The Balaban J connectivity index is 2.02. The van der Waals surface area contributed by atoms with Crippen molar-refractivity contribution in [1.29, 1.82) is 0 Å². The Kier molecular flexibility index (Phi) is 2.68. The van der Waals surface area contributed by atoms with Crippen molar-refractivity contribution in [2.24, 2.45) is 5.92 Å². The van der Waals surface area contributed by atoms with E-state index in [1.54, 1.807) is 11.1 Å². The standard InChI is InChI=1S/C13H18/c1-11-7-9-13(10-8-11)12-5-3-2-4-6-12/h3,5-7,13H,2,4,8-10H2,1H3. The van der Waals surface area contributed by atoms with Crippen LogP contribution in [0, 0.1) is 5.92 Å². The van der Waals surface area contributed by atoms with Gasteiger partial charge in [-0.2, -0.15) is 0 Å². The zero-order valence-corrected chi connectivity index (χ0v) is 8.42. The first kappa shape index (κ1) is 8.80. The minimum atomic E-state index is 0.820. The molecule has 0 saturated heterocycles. The van der Waals surface area contributed by atoms with Gasteiger partial charge in [0.25, 0.3) is 0 Å². The van der Waals surface area contributed by atoms with E-state index in [4.69, 9.17) is 0 Å². The summed E-state index contributed by atoms with van der Waals surface area (Å²) in [6, 6.07) is 0. The number of hydrogen-bond donors (Lipinski definition) is 0. The highest BCUT2D eigenvalue weighted by molar-refractivity contribution is 5.27. The van der Waals surface area contributed by atoms with Crippen molar-refractivity contribution in [3.8, 4) is 0 Å². The van der Waals surface area contributed by atoms with Gasteiger partial charge in [0.2, 0.25) is 0 Å². The molecule has 0 spiro atoms. The third-order valence-electron chi connectivity index (χ3n) is 3.13. The van der Waals surface area contributed by atoms with Crippen LogP contribution in [0.5, 0.6) is 0 Å². The minimum absolute atomic E-state index is 0.820.